The van der Waals surface area contributed by atoms with Crippen molar-refractivity contribution in [2.45, 2.75) is 25.9 Å². The lowest BCUT2D eigenvalue weighted by molar-refractivity contribution is -0.0668. The smallest absolute Gasteiger partial charge is 0.141 e. The van der Waals surface area contributed by atoms with Gasteiger partial charge in [-0.1, -0.05) is 13.8 Å². The third-order valence-corrected chi connectivity index (χ3v) is 4.61. The van der Waals surface area contributed by atoms with Gasteiger partial charge in [0.05, 0.1) is 0 Å². The molecule has 0 saturated carbocycles. The molecule has 0 spiro atoms. The van der Waals surface area contributed by atoms with Crippen LogP contribution >= 0.6 is 11.8 Å². The van der Waals surface area contributed by atoms with Crippen molar-refractivity contribution in [1.29, 1.82) is 0 Å². The Hall–Kier alpha value is -0.480. The lowest BCUT2D eigenvalue weighted by Crippen LogP contribution is -2.48. The maximum absolute atomic E-state index is 10.8. The summed E-state index contributed by atoms with van der Waals surface area (Å²) in [5.74, 6) is 2.66. The van der Waals surface area contributed by atoms with Crippen molar-refractivity contribution >= 4 is 11.8 Å². The van der Waals surface area contributed by atoms with E-state index in [4.69, 9.17) is 0 Å². The van der Waals surface area contributed by atoms with Gasteiger partial charge in [-0.25, -0.2) is 4.98 Å². The van der Waals surface area contributed by atoms with E-state index in [0.717, 1.165) is 23.8 Å². The van der Waals surface area contributed by atoms with E-state index in [2.05, 4.69) is 18.8 Å². The monoisotopic (exact) mass is 226 g/mol. The van der Waals surface area contributed by atoms with Crippen molar-refractivity contribution in [3.05, 3.63) is 18.2 Å². The normalized spacial score (nSPS) is 30.4. The predicted molar refractivity (Wildman–Crippen MR) is 62.8 cm³/mol. The van der Waals surface area contributed by atoms with Crippen LogP contribution < -0.4 is 0 Å². The summed E-state index contributed by atoms with van der Waals surface area (Å²) >= 11 is 1.81. The van der Waals surface area contributed by atoms with Gasteiger partial charge in [0.1, 0.15) is 11.4 Å². The summed E-state index contributed by atoms with van der Waals surface area (Å²) in [4.78, 5) is 4.31. The molecule has 0 bridgehead atoms. The molecule has 0 radical (unpaired) electrons. The van der Waals surface area contributed by atoms with Gasteiger partial charge in [-0.05, 0) is 12.2 Å². The average molecular weight is 226 g/mol. The number of imidazole rings is 1. The Morgan fingerprint density at radius 3 is 2.80 bits per heavy atom. The first-order chi connectivity index (χ1) is 6.97. The van der Waals surface area contributed by atoms with Crippen LogP contribution in [-0.2, 0) is 12.6 Å². The Kier molecular flexibility index (Phi) is 2.59. The molecule has 0 aromatic carbocycles. The molecular formula is C11H18N2OS. The van der Waals surface area contributed by atoms with Crippen LogP contribution in [0, 0.1) is 5.41 Å². The fraction of sp³-hybridized carbons (Fsp3) is 0.727. The summed E-state index contributed by atoms with van der Waals surface area (Å²) in [5.41, 5.74) is -0.897. The standard InChI is InChI=1S/C11H18N2OS/c1-10(2)4-7-15-8-11(10,14)9-12-5-6-13(9)3/h5-6,14H,4,7-8H2,1-3H3. The highest BCUT2D eigenvalue weighted by atomic mass is 32.2. The molecule has 1 saturated heterocycles. The Balaban J connectivity index is 2.44. The van der Waals surface area contributed by atoms with Crippen molar-refractivity contribution in [2.75, 3.05) is 11.5 Å². The fourth-order valence-electron chi connectivity index (χ4n) is 2.08. The van der Waals surface area contributed by atoms with E-state index in [1.807, 2.05) is 29.6 Å². The van der Waals surface area contributed by atoms with Gasteiger partial charge in [0, 0.05) is 30.6 Å². The molecule has 3 nitrogen and oxygen atoms in total. The molecule has 4 heteroatoms. The molecule has 1 unspecified atom stereocenters. The maximum atomic E-state index is 10.8. The zero-order valence-electron chi connectivity index (χ0n) is 9.53. The van der Waals surface area contributed by atoms with Crippen LogP contribution in [-0.4, -0.2) is 26.2 Å². The van der Waals surface area contributed by atoms with E-state index >= 15 is 0 Å². The summed E-state index contributed by atoms with van der Waals surface area (Å²) < 4.78 is 1.92. The molecule has 1 aromatic rings. The fourth-order valence-corrected chi connectivity index (χ4v) is 3.69. The molecule has 1 fully saturated rings. The Bertz CT molecular complexity index is 361. The number of nitrogens with zero attached hydrogens (tertiary/aromatic N) is 2. The van der Waals surface area contributed by atoms with Gasteiger partial charge in [-0.2, -0.15) is 11.8 Å². The summed E-state index contributed by atoms with van der Waals surface area (Å²) in [6.07, 6.45) is 4.67. The second kappa shape index (κ2) is 3.52. The van der Waals surface area contributed by atoms with Crippen molar-refractivity contribution < 1.29 is 5.11 Å². The topological polar surface area (TPSA) is 38.0 Å². The Morgan fingerprint density at radius 2 is 2.27 bits per heavy atom. The van der Waals surface area contributed by atoms with E-state index in [1.54, 1.807) is 6.20 Å². The molecule has 1 atom stereocenters. The van der Waals surface area contributed by atoms with Crippen molar-refractivity contribution in [3.63, 3.8) is 0 Å². The minimum absolute atomic E-state index is 0.0998. The number of aromatic nitrogens is 2. The molecule has 2 rings (SSSR count). The van der Waals surface area contributed by atoms with Crippen LogP contribution in [0.2, 0.25) is 0 Å². The highest BCUT2D eigenvalue weighted by Gasteiger charge is 2.49. The zero-order valence-corrected chi connectivity index (χ0v) is 10.3. The van der Waals surface area contributed by atoms with Crippen LogP contribution in [0.1, 0.15) is 26.1 Å². The van der Waals surface area contributed by atoms with E-state index in [-0.39, 0.29) is 5.41 Å². The van der Waals surface area contributed by atoms with Crippen LogP contribution in [0.5, 0.6) is 0 Å². The van der Waals surface area contributed by atoms with Gasteiger partial charge in [-0.3, -0.25) is 0 Å². The lowest BCUT2D eigenvalue weighted by atomic mass is 9.73. The van der Waals surface area contributed by atoms with E-state index in [9.17, 15) is 5.11 Å². The van der Waals surface area contributed by atoms with Crippen LogP contribution in [0.3, 0.4) is 0 Å². The molecule has 1 aromatic heterocycles. The molecule has 15 heavy (non-hydrogen) atoms. The van der Waals surface area contributed by atoms with Crippen LogP contribution in [0.25, 0.3) is 0 Å². The predicted octanol–water partition coefficient (Wildman–Crippen LogP) is 1.77. The van der Waals surface area contributed by atoms with Gasteiger partial charge in [0.15, 0.2) is 0 Å². The minimum atomic E-state index is -0.797. The second-order valence-electron chi connectivity index (χ2n) is 4.91. The first-order valence-electron chi connectivity index (χ1n) is 5.25. The Labute approximate surface area is 94.9 Å². The molecule has 1 aliphatic rings. The number of aryl methyl sites for hydroxylation is 1. The SMILES string of the molecule is Cn1ccnc1C1(O)CSCCC1(C)C. The average Bonchev–Trinajstić information content (AvgIpc) is 2.57. The van der Waals surface area contributed by atoms with Crippen LogP contribution in [0.15, 0.2) is 12.4 Å². The number of aliphatic hydroxyl groups is 1. The quantitative estimate of drug-likeness (QED) is 0.793. The molecule has 0 aliphatic carbocycles. The first-order valence-corrected chi connectivity index (χ1v) is 6.41. The highest BCUT2D eigenvalue weighted by Crippen LogP contribution is 2.47. The van der Waals surface area contributed by atoms with Crippen molar-refractivity contribution in [1.82, 2.24) is 9.55 Å². The van der Waals surface area contributed by atoms with Gasteiger partial charge in [0.25, 0.3) is 0 Å². The summed E-state index contributed by atoms with van der Waals surface area (Å²) in [6.45, 7) is 4.25. The van der Waals surface area contributed by atoms with Gasteiger partial charge in [-0.15, -0.1) is 0 Å². The number of hydrogen-bond acceptors (Lipinski definition) is 3. The molecular weight excluding hydrogens is 208 g/mol. The van der Waals surface area contributed by atoms with E-state index in [0.29, 0.717) is 0 Å². The van der Waals surface area contributed by atoms with Gasteiger partial charge < -0.3 is 9.67 Å². The number of hydrogen-bond donors (Lipinski definition) is 1. The van der Waals surface area contributed by atoms with Crippen molar-refractivity contribution in [2.24, 2.45) is 12.5 Å². The second-order valence-corrected chi connectivity index (χ2v) is 6.01. The zero-order chi connectivity index (χ0) is 11.1. The molecule has 1 aliphatic heterocycles. The summed E-state index contributed by atoms with van der Waals surface area (Å²) in [7, 11) is 1.94. The third kappa shape index (κ3) is 1.60. The highest BCUT2D eigenvalue weighted by molar-refractivity contribution is 7.99. The summed E-state index contributed by atoms with van der Waals surface area (Å²) in [6, 6.07) is 0. The first kappa shape index (κ1) is 11.0. The number of thioether (sulfide) groups is 1. The van der Waals surface area contributed by atoms with E-state index < -0.39 is 5.60 Å². The van der Waals surface area contributed by atoms with Crippen LogP contribution in [0.4, 0.5) is 0 Å². The molecule has 2 heterocycles. The van der Waals surface area contributed by atoms with Crippen molar-refractivity contribution in [3.8, 4) is 0 Å². The van der Waals surface area contributed by atoms with Gasteiger partial charge in [0.2, 0.25) is 0 Å². The van der Waals surface area contributed by atoms with E-state index in [1.165, 1.54) is 0 Å². The lowest BCUT2D eigenvalue weighted by Gasteiger charge is -2.45. The molecule has 84 valence electrons. The minimum Gasteiger partial charge on any atom is -0.380 e. The largest absolute Gasteiger partial charge is 0.380 e. The maximum Gasteiger partial charge on any atom is 0.141 e. The molecule has 1 N–H and O–H groups in total. The third-order valence-electron chi connectivity index (χ3n) is 3.49. The number of rotatable bonds is 1. The molecule has 0 amide bonds. The van der Waals surface area contributed by atoms with Gasteiger partial charge >= 0.3 is 0 Å². The Morgan fingerprint density at radius 1 is 1.53 bits per heavy atom. The summed E-state index contributed by atoms with van der Waals surface area (Å²) in [5, 5.41) is 10.8.